The van der Waals surface area contributed by atoms with Gasteiger partial charge in [-0.1, -0.05) is 42.5 Å². The Bertz CT molecular complexity index is 801. The minimum atomic E-state index is -1.05. The van der Waals surface area contributed by atoms with E-state index in [0.29, 0.717) is 5.56 Å². The molecule has 20 heavy (non-hydrogen) atoms. The number of benzene rings is 3. The maximum Gasteiger partial charge on any atom is 0.335 e. The normalized spacial score (nSPS) is 10.6. The second kappa shape index (κ2) is 4.70. The van der Waals surface area contributed by atoms with Crippen molar-refractivity contribution in [1.29, 1.82) is 0 Å². The lowest BCUT2D eigenvalue weighted by molar-refractivity contribution is 0.0696. The summed E-state index contributed by atoms with van der Waals surface area (Å²) in [6.07, 6.45) is 0. The molecule has 0 saturated heterocycles. The summed E-state index contributed by atoms with van der Waals surface area (Å²) in [5.41, 5.74) is 1.59. The van der Waals surface area contributed by atoms with Crippen molar-refractivity contribution in [2.75, 3.05) is 0 Å². The van der Waals surface area contributed by atoms with E-state index in [1.54, 1.807) is 6.07 Å². The number of aromatic hydroxyl groups is 1. The second-order valence-corrected chi connectivity index (χ2v) is 4.56. The molecule has 0 heterocycles. The summed E-state index contributed by atoms with van der Waals surface area (Å²) in [5, 5.41) is 21.1. The number of carboxylic acids is 1. The van der Waals surface area contributed by atoms with Gasteiger partial charge < -0.3 is 10.2 Å². The zero-order valence-electron chi connectivity index (χ0n) is 10.6. The number of phenolic OH excluding ortho intramolecular Hbond substituents is 1. The lowest BCUT2D eigenvalue weighted by atomic mass is 9.97. The molecule has 3 aromatic carbocycles. The number of aromatic carboxylic acids is 1. The Morgan fingerprint density at radius 3 is 2.35 bits per heavy atom. The molecule has 2 N–H and O–H groups in total. The Morgan fingerprint density at radius 1 is 0.850 bits per heavy atom. The van der Waals surface area contributed by atoms with Gasteiger partial charge in [0, 0.05) is 5.56 Å². The van der Waals surface area contributed by atoms with Crippen LogP contribution in [0.5, 0.6) is 5.75 Å². The van der Waals surface area contributed by atoms with E-state index in [2.05, 4.69) is 0 Å². The molecule has 0 bridgehead atoms. The summed E-state index contributed by atoms with van der Waals surface area (Å²) in [5.74, 6) is -1.08. The molecule has 0 amide bonds. The predicted octanol–water partition coefficient (Wildman–Crippen LogP) is 3.91. The number of fused-ring (bicyclic) bond motifs is 1. The monoisotopic (exact) mass is 264 g/mol. The molecule has 0 atom stereocenters. The number of rotatable bonds is 2. The van der Waals surface area contributed by atoms with Gasteiger partial charge in [-0.3, -0.25) is 0 Å². The van der Waals surface area contributed by atoms with Crippen molar-refractivity contribution < 1.29 is 15.0 Å². The van der Waals surface area contributed by atoms with Crippen molar-refractivity contribution >= 4 is 16.7 Å². The minimum absolute atomic E-state index is 0.0266. The van der Waals surface area contributed by atoms with Crippen molar-refractivity contribution in [2.45, 2.75) is 0 Å². The summed E-state index contributed by atoms with van der Waals surface area (Å²) in [6.45, 7) is 0. The summed E-state index contributed by atoms with van der Waals surface area (Å²) >= 11 is 0. The van der Waals surface area contributed by atoms with Gasteiger partial charge in [-0.15, -0.1) is 0 Å². The average molecular weight is 264 g/mol. The lowest BCUT2D eigenvalue weighted by Gasteiger charge is -2.09. The van der Waals surface area contributed by atoms with E-state index < -0.39 is 5.97 Å². The van der Waals surface area contributed by atoms with Gasteiger partial charge in [-0.05, 0) is 34.5 Å². The van der Waals surface area contributed by atoms with Crippen LogP contribution < -0.4 is 0 Å². The molecule has 3 rings (SSSR count). The predicted molar refractivity (Wildman–Crippen MR) is 78.0 cm³/mol. The number of hydrogen-bond donors (Lipinski definition) is 2. The Kier molecular flexibility index (Phi) is 2.88. The maximum atomic E-state index is 10.9. The molecule has 0 aromatic heterocycles. The standard InChI is InChI=1S/C17H12O3/c18-16-10-12(17(19)20)8-9-15(16)14-7-3-5-11-4-1-2-6-13(11)14/h1-10,18H,(H,19,20). The van der Waals surface area contributed by atoms with Gasteiger partial charge in [0.2, 0.25) is 0 Å². The van der Waals surface area contributed by atoms with Crippen LogP contribution in [0.1, 0.15) is 10.4 Å². The van der Waals surface area contributed by atoms with Crippen molar-refractivity contribution in [3.63, 3.8) is 0 Å². The van der Waals surface area contributed by atoms with Gasteiger partial charge in [-0.2, -0.15) is 0 Å². The van der Waals surface area contributed by atoms with Crippen LogP contribution in [0.15, 0.2) is 60.7 Å². The summed E-state index contributed by atoms with van der Waals surface area (Å²) in [7, 11) is 0. The van der Waals surface area contributed by atoms with Crippen LogP contribution in [0.3, 0.4) is 0 Å². The molecule has 3 heteroatoms. The molecule has 0 aliphatic carbocycles. The largest absolute Gasteiger partial charge is 0.507 e. The zero-order chi connectivity index (χ0) is 14.1. The highest BCUT2D eigenvalue weighted by Gasteiger charge is 2.11. The van der Waals surface area contributed by atoms with E-state index in [4.69, 9.17) is 5.11 Å². The smallest absolute Gasteiger partial charge is 0.335 e. The minimum Gasteiger partial charge on any atom is -0.507 e. The first-order chi connectivity index (χ1) is 9.66. The highest BCUT2D eigenvalue weighted by molar-refractivity contribution is 5.98. The third-order valence-electron chi connectivity index (χ3n) is 3.32. The molecule has 0 saturated carbocycles. The highest BCUT2D eigenvalue weighted by Crippen LogP contribution is 2.34. The molecular formula is C17H12O3. The van der Waals surface area contributed by atoms with Gasteiger partial charge >= 0.3 is 5.97 Å². The van der Waals surface area contributed by atoms with Crippen LogP contribution in [0.2, 0.25) is 0 Å². The molecule has 0 fully saturated rings. The number of hydrogen-bond acceptors (Lipinski definition) is 2. The Labute approximate surface area is 115 Å². The Balaban J connectivity index is 2.23. The average Bonchev–Trinajstić information content (AvgIpc) is 2.46. The highest BCUT2D eigenvalue weighted by atomic mass is 16.4. The lowest BCUT2D eigenvalue weighted by Crippen LogP contribution is -1.95. The van der Waals surface area contributed by atoms with E-state index in [1.807, 2.05) is 42.5 Å². The maximum absolute atomic E-state index is 10.9. The van der Waals surface area contributed by atoms with Crippen LogP contribution in [0.25, 0.3) is 21.9 Å². The van der Waals surface area contributed by atoms with Crippen LogP contribution in [-0.2, 0) is 0 Å². The quantitative estimate of drug-likeness (QED) is 0.737. The molecule has 0 aliphatic heterocycles. The zero-order valence-corrected chi connectivity index (χ0v) is 10.6. The third kappa shape index (κ3) is 1.99. The van der Waals surface area contributed by atoms with E-state index in [-0.39, 0.29) is 11.3 Å². The molecule has 3 aromatic rings. The number of phenols is 1. The first kappa shape index (κ1) is 12.2. The van der Waals surface area contributed by atoms with E-state index in [0.717, 1.165) is 16.3 Å². The molecule has 3 nitrogen and oxygen atoms in total. The van der Waals surface area contributed by atoms with Crippen LogP contribution in [0, 0.1) is 0 Å². The molecule has 0 aliphatic rings. The molecule has 0 unspecified atom stereocenters. The fourth-order valence-corrected chi connectivity index (χ4v) is 2.35. The van der Waals surface area contributed by atoms with Crippen LogP contribution in [0.4, 0.5) is 0 Å². The fraction of sp³-hybridized carbons (Fsp3) is 0. The van der Waals surface area contributed by atoms with Crippen LogP contribution in [-0.4, -0.2) is 16.2 Å². The van der Waals surface area contributed by atoms with Gasteiger partial charge in [-0.25, -0.2) is 4.79 Å². The SMILES string of the molecule is O=C(O)c1ccc(-c2cccc3ccccc23)c(O)c1. The Morgan fingerprint density at radius 2 is 1.60 bits per heavy atom. The Hall–Kier alpha value is -2.81. The van der Waals surface area contributed by atoms with Crippen molar-refractivity contribution in [3.05, 3.63) is 66.2 Å². The van der Waals surface area contributed by atoms with Gasteiger partial charge in [0.05, 0.1) is 5.56 Å². The number of carbonyl (C=O) groups is 1. The molecule has 98 valence electrons. The van der Waals surface area contributed by atoms with Crippen molar-refractivity contribution in [3.8, 4) is 16.9 Å². The molecular weight excluding hydrogens is 252 g/mol. The van der Waals surface area contributed by atoms with Crippen molar-refractivity contribution in [1.82, 2.24) is 0 Å². The first-order valence-corrected chi connectivity index (χ1v) is 6.21. The van der Waals surface area contributed by atoms with Gasteiger partial charge in [0.15, 0.2) is 0 Å². The topological polar surface area (TPSA) is 57.5 Å². The summed E-state index contributed by atoms with van der Waals surface area (Å²) in [6, 6.07) is 18.1. The molecule has 0 spiro atoms. The van der Waals surface area contributed by atoms with Crippen molar-refractivity contribution in [2.24, 2.45) is 0 Å². The van der Waals surface area contributed by atoms with E-state index in [9.17, 15) is 9.90 Å². The molecule has 0 radical (unpaired) electrons. The van der Waals surface area contributed by atoms with Gasteiger partial charge in [0.25, 0.3) is 0 Å². The number of carboxylic acid groups (broad SMARTS) is 1. The summed E-state index contributed by atoms with van der Waals surface area (Å²) < 4.78 is 0. The fourth-order valence-electron chi connectivity index (χ4n) is 2.35. The summed E-state index contributed by atoms with van der Waals surface area (Å²) in [4.78, 5) is 10.9. The third-order valence-corrected chi connectivity index (χ3v) is 3.32. The van der Waals surface area contributed by atoms with Crippen LogP contribution >= 0.6 is 0 Å². The van der Waals surface area contributed by atoms with E-state index >= 15 is 0 Å². The van der Waals surface area contributed by atoms with Gasteiger partial charge in [0.1, 0.15) is 5.75 Å². The first-order valence-electron chi connectivity index (χ1n) is 6.21. The second-order valence-electron chi connectivity index (χ2n) is 4.56. The van der Waals surface area contributed by atoms with E-state index in [1.165, 1.54) is 12.1 Å².